The van der Waals surface area contributed by atoms with Crippen molar-refractivity contribution >= 4 is 12.0 Å². The summed E-state index contributed by atoms with van der Waals surface area (Å²) in [4.78, 5) is 16.5. The van der Waals surface area contributed by atoms with Crippen molar-refractivity contribution in [2.75, 3.05) is 18.0 Å². The molecule has 88 valence electrons. The van der Waals surface area contributed by atoms with Gasteiger partial charge in [-0.25, -0.2) is 9.18 Å². The highest BCUT2D eigenvalue weighted by Gasteiger charge is 2.23. The minimum atomic E-state index is -1.27. The number of carboxylic acids is 1. The highest BCUT2D eigenvalue weighted by atomic mass is 19.1. The van der Waals surface area contributed by atoms with Crippen molar-refractivity contribution in [1.82, 2.24) is 4.98 Å². The second-order valence-electron chi connectivity index (χ2n) is 3.76. The molecule has 0 amide bonds. The van der Waals surface area contributed by atoms with Crippen LogP contribution in [-0.2, 0) is 6.67 Å². The number of aromatic carboxylic acids is 1. The molecular formula is C10H13FN2O3. The summed E-state index contributed by atoms with van der Waals surface area (Å²) in [6, 6.07) is 0.227. The van der Waals surface area contributed by atoms with Crippen molar-refractivity contribution in [3.05, 3.63) is 11.5 Å². The Kier molecular flexibility index (Phi) is 3.07. The molecule has 16 heavy (non-hydrogen) atoms. The molecule has 0 saturated carbocycles. The average Bonchev–Trinajstić information content (AvgIpc) is 2.74. The first kappa shape index (κ1) is 10.9. The van der Waals surface area contributed by atoms with E-state index in [1.165, 1.54) is 0 Å². The number of piperidine rings is 1. The van der Waals surface area contributed by atoms with Gasteiger partial charge in [0.1, 0.15) is 12.4 Å². The number of carbonyl (C=O) groups is 1. The van der Waals surface area contributed by atoms with Crippen LogP contribution in [0, 0.1) is 0 Å². The van der Waals surface area contributed by atoms with Crippen LogP contribution in [0.5, 0.6) is 0 Å². The molecule has 0 unspecified atom stereocenters. The number of anilines is 1. The first-order chi connectivity index (χ1) is 7.72. The molecule has 5 nitrogen and oxygen atoms in total. The third kappa shape index (κ3) is 2.00. The van der Waals surface area contributed by atoms with Crippen LogP contribution in [-0.4, -0.2) is 29.1 Å². The Bertz CT molecular complexity index is 385. The fourth-order valence-electron chi connectivity index (χ4n) is 1.82. The number of hydrogen-bond donors (Lipinski definition) is 1. The van der Waals surface area contributed by atoms with Gasteiger partial charge < -0.3 is 14.4 Å². The van der Waals surface area contributed by atoms with Crippen molar-refractivity contribution in [3.63, 3.8) is 0 Å². The Morgan fingerprint density at radius 1 is 1.44 bits per heavy atom. The lowest BCUT2D eigenvalue weighted by atomic mass is 10.1. The fourth-order valence-corrected chi connectivity index (χ4v) is 1.82. The summed E-state index contributed by atoms with van der Waals surface area (Å²) in [6.07, 6.45) is 3.20. The highest BCUT2D eigenvalue weighted by Crippen LogP contribution is 2.23. The SMILES string of the molecule is O=C(O)c1oc(N2CCCCC2)nc1CF. The molecule has 1 fully saturated rings. The predicted octanol–water partition coefficient (Wildman–Crippen LogP) is 1.83. The summed E-state index contributed by atoms with van der Waals surface area (Å²) in [5, 5.41) is 8.79. The van der Waals surface area contributed by atoms with E-state index >= 15 is 0 Å². The average molecular weight is 228 g/mol. The second-order valence-corrected chi connectivity index (χ2v) is 3.76. The Morgan fingerprint density at radius 3 is 2.62 bits per heavy atom. The first-order valence-corrected chi connectivity index (χ1v) is 5.26. The van der Waals surface area contributed by atoms with Gasteiger partial charge in [-0.3, -0.25) is 0 Å². The van der Waals surface area contributed by atoms with Gasteiger partial charge in [-0.15, -0.1) is 0 Å². The minimum absolute atomic E-state index is 0.131. The normalized spacial score (nSPS) is 16.4. The summed E-state index contributed by atoms with van der Waals surface area (Å²) in [6.45, 7) is 0.648. The molecule has 1 aliphatic heterocycles. The van der Waals surface area contributed by atoms with E-state index in [9.17, 15) is 9.18 Å². The Hall–Kier alpha value is -1.59. The quantitative estimate of drug-likeness (QED) is 0.854. The third-order valence-corrected chi connectivity index (χ3v) is 2.63. The zero-order chi connectivity index (χ0) is 11.5. The standard InChI is InChI=1S/C10H13FN2O3/c11-6-7-8(9(14)15)16-10(12-7)13-4-2-1-3-5-13/h1-6H2,(H,14,15). The molecule has 1 N–H and O–H groups in total. The molecule has 2 heterocycles. The van der Waals surface area contributed by atoms with Gasteiger partial charge in [-0.1, -0.05) is 0 Å². The molecule has 6 heteroatoms. The summed E-state index contributed by atoms with van der Waals surface area (Å²) < 4.78 is 17.6. The molecule has 0 aromatic carbocycles. The second kappa shape index (κ2) is 4.51. The summed E-state index contributed by atoms with van der Waals surface area (Å²) in [7, 11) is 0. The maximum absolute atomic E-state index is 12.5. The van der Waals surface area contributed by atoms with Crippen LogP contribution in [0.2, 0.25) is 0 Å². The van der Waals surface area contributed by atoms with Crippen LogP contribution in [0.25, 0.3) is 0 Å². The van der Waals surface area contributed by atoms with Crippen molar-refractivity contribution < 1.29 is 18.7 Å². The predicted molar refractivity (Wildman–Crippen MR) is 54.3 cm³/mol. The molecule has 1 aromatic heterocycles. The molecule has 0 aliphatic carbocycles. The van der Waals surface area contributed by atoms with Crippen molar-refractivity contribution in [3.8, 4) is 0 Å². The smallest absolute Gasteiger partial charge is 0.374 e. The summed E-state index contributed by atoms with van der Waals surface area (Å²) >= 11 is 0. The summed E-state index contributed by atoms with van der Waals surface area (Å²) in [5.74, 6) is -1.66. The number of rotatable bonds is 3. The first-order valence-electron chi connectivity index (χ1n) is 5.26. The van der Waals surface area contributed by atoms with Crippen molar-refractivity contribution in [2.24, 2.45) is 0 Å². The zero-order valence-electron chi connectivity index (χ0n) is 8.78. The molecule has 0 bridgehead atoms. The number of nitrogens with zero attached hydrogens (tertiary/aromatic N) is 2. The number of carboxylic acid groups (broad SMARTS) is 1. The lowest BCUT2D eigenvalue weighted by Gasteiger charge is -2.24. The van der Waals surface area contributed by atoms with E-state index in [0.29, 0.717) is 0 Å². The monoisotopic (exact) mass is 228 g/mol. The zero-order valence-corrected chi connectivity index (χ0v) is 8.78. The van der Waals surface area contributed by atoms with Crippen LogP contribution >= 0.6 is 0 Å². The van der Waals surface area contributed by atoms with Crippen LogP contribution in [0.1, 0.15) is 35.5 Å². The van der Waals surface area contributed by atoms with E-state index < -0.39 is 12.6 Å². The van der Waals surface area contributed by atoms with Gasteiger partial charge in [0.05, 0.1) is 0 Å². The molecule has 0 radical (unpaired) electrons. The van der Waals surface area contributed by atoms with Gasteiger partial charge in [0.2, 0.25) is 5.76 Å². The highest BCUT2D eigenvalue weighted by molar-refractivity contribution is 5.85. The van der Waals surface area contributed by atoms with Gasteiger partial charge in [0.15, 0.2) is 0 Å². The van der Waals surface area contributed by atoms with Crippen LogP contribution < -0.4 is 4.90 Å². The minimum Gasteiger partial charge on any atom is -0.475 e. The van der Waals surface area contributed by atoms with Gasteiger partial charge in [-0.2, -0.15) is 4.98 Å². The van der Waals surface area contributed by atoms with Gasteiger partial charge in [-0.05, 0) is 19.3 Å². The van der Waals surface area contributed by atoms with Gasteiger partial charge in [0, 0.05) is 13.1 Å². The number of oxazole rings is 1. The van der Waals surface area contributed by atoms with E-state index in [-0.39, 0.29) is 17.5 Å². The molecule has 0 spiro atoms. The number of alkyl halides is 1. The van der Waals surface area contributed by atoms with Crippen LogP contribution in [0.3, 0.4) is 0 Å². The van der Waals surface area contributed by atoms with Crippen LogP contribution in [0.15, 0.2) is 4.42 Å². The Morgan fingerprint density at radius 2 is 2.12 bits per heavy atom. The lowest BCUT2D eigenvalue weighted by molar-refractivity contribution is 0.0660. The van der Waals surface area contributed by atoms with E-state index in [1.807, 2.05) is 4.90 Å². The molecule has 1 aromatic rings. The topological polar surface area (TPSA) is 66.6 Å². The summed E-state index contributed by atoms with van der Waals surface area (Å²) in [5.41, 5.74) is -0.131. The lowest BCUT2D eigenvalue weighted by Crippen LogP contribution is -2.29. The number of aromatic nitrogens is 1. The Balaban J connectivity index is 2.24. The fraction of sp³-hybridized carbons (Fsp3) is 0.600. The van der Waals surface area contributed by atoms with E-state index in [1.54, 1.807) is 0 Å². The molecule has 0 atom stereocenters. The number of halogens is 1. The van der Waals surface area contributed by atoms with E-state index in [0.717, 1.165) is 32.4 Å². The van der Waals surface area contributed by atoms with Gasteiger partial charge in [0.25, 0.3) is 6.01 Å². The van der Waals surface area contributed by atoms with Gasteiger partial charge >= 0.3 is 5.97 Å². The molecule has 1 saturated heterocycles. The molecule has 2 rings (SSSR count). The largest absolute Gasteiger partial charge is 0.475 e. The maximum Gasteiger partial charge on any atom is 0.374 e. The van der Waals surface area contributed by atoms with E-state index in [4.69, 9.17) is 9.52 Å². The third-order valence-electron chi connectivity index (χ3n) is 2.63. The maximum atomic E-state index is 12.5. The molecular weight excluding hydrogens is 215 g/mol. The van der Waals surface area contributed by atoms with Crippen molar-refractivity contribution in [1.29, 1.82) is 0 Å². The van der Waals surface area contributed by atoms with Crippen LogP contribution in [0.4, 0.5) is 10.4 Å². The van der Waals surface area contributed by atoms with Crippen molar-refractivity contribution in [2.45, 2.75) is 25.9 Å². The number of hydrogen-bond acceptors (Lipinski definition) is 4. The molecule has 1 aliphatic rings. The Labute approximate surface area is 91.9 Å². The van der Waals surface area contributed by atoms with E-state index in [2.05, 4.69) is 4.98 Å².